The summed E-state index contributed by atoms with van der Waals surface area (Å²) in [7, 11) is 1.56. The second-order valence-electron chi connectivity index (χ2n) is 8.86. The predicted molar refractivity (Wildman–Crippen MR) is 132 cm³/mol. The molecule has 2 aromatic heterocycles. The van der Waals surface area contributed by atoms with E-state index in [1.54, 1.807) is 37.4 Å². The maximum atomic E-state index is 13.4. The van der Waals surface area contributed by atoms with Crippen molar-refractivity contribution in [1.82, 2.24) is 10.3 Å². The van der Waals surface area contributed by atoms with Crippen molar-refractivity contribution in [2.24, 2.45) is 0 Å². The molecular weight excluding hydrogens is 495 g/mol. The van der Waals surface area contributed by atoms with Crippen molar-refractivity contribution in [2.45, 2.75) is 43.9 Å². The van der Waals surface area contributed by atoms with Gasteiger partial charge in [0.2, 0.25) is 0 Å². The number of rotatable bonds is 5. The molecule has 2 N–H and O–H groups in total. The molecule has 0 bridgehead atoms. The Morgan fingerprint density at radius 3 is 2.53 bits per heavy atom. The van der Waals surface area contributed by atoms with E-state index in [-0.39, 0.29) is 29.3 Å². The Labute approximate surface area is 209 Å². The average molecular weight is 518 g/mol. The van der Waals surface area contributed by atoms with Crippen molar-refractivity contribution in [3.63, 3.8) is 0 Å². The molecule has 0 spiro atoms. The molecule has 1 aliphatic carbocycles. The third kappa shape index (κ3) is 4.93. The van der Waals surface area contributed by atoms with Gasteiger partial charge in [0.05, 0.1) is 18.0 Å². The van der Waals surface area contributed by atoms with Crippen molar-refractivity contribution in [3.8, 4) is 5.75 Å². The number of ether oxygens (including phenoxy) is 1. The molecule has 0 saturated heterocycles. The van der Waals surface area contributed by atoms with Gasteiger partial charge in [-0.2, -0.15) is 13.2 Å². The highest BCUT2D eigenvalue weighted by molar-refractivity contribution is 6.31. The number of aromatic nitrogens is 1. The molecule has 1 aliphatic rings. The number of furan rings is 1. The van der Waals surface area contributed by atoms with Gasteiger partial charge < -0.3 is 19.8 Å². The second-order valence-corrected chi connectivity index (χ2v) is 9.30. The molecule has 188 valence electrons. The molecule has 0 unspecified atom stereocenters. The largest absolute Gasteiger partial charge is 0.496 e. The quantitative estimate of drug-likeness (QED) is 0.304. The maximum Gasteiger partial charge on any atom is 0.433 e. The highest BCUT2D eigenvalue weighted by Gasteiger charge is 2.34. The highest BCUT2D eigenvalue weighted by Crippen LogP contribution is 2.35. The van der Waals surface area contributed by atoms with Crippen LogP contribution in [-0.4, -0.2) is 30.1 Å². The van der Waals surface area contributed by atoms with Gasteiger partial charge in [0.15, 0.2) is 5.76 Å². The Balaban J connectivity index is 1.26. The maximum absolute atomic E-state index is 13.4. The lowest BCUT2D eigenvalue weighted by molar-refractivity contribution is -0.140. The first-order valence-corrected chi connectivity index (χ1v) is 11.9. The van der Waals surface area contributed by atoms with E-state index in [2.05, 4.69) is 15.6 Å². The number of carbonyl (C=O) groups is 1. The second kappa shape index (κ2) is 9.54. The summed E-state index contributed by atoms with van der Waals surface area (Å²) < 4.78 is 51.2. The lowest BCUT2D eigenvalue weighted by Crippen LogP contribution is -2.40. The number of methoxy groups -OCH3 is 1. The zero-order valence-corrected chi connectivity index (χ0v) is 20.0. The molecular formula is C26H23ClF3N3O3. The van der Waals surface area contributed by atoms with Crippen molar-refractivity contribution < 1.29 is 27.1 Å². The van der Waals surface area contributed by atoms with Gasteiger partial charge >= 0.3 is 6.18 Å². The number of hydrogen-bond donors (Lipinski definition) is 2. The van der Waals surface area contributed by atoms with Gasteiger partial charge in [-0.05, 0) is 62.1 Å². The standard InChI is InChI=1S/C26H23ClF3N3O3/c1-35-21-3-2-4-22-18(21)12-23(36-22)25(34)32-16-8-6-15(7-9-16)31-20-13-24(26(28,29)30)33-19-10-5-14(27)11-17(19)20/h2-5,10-13,15-16H,6-9H2,1H3,(H,31,33)(H,32,34). The number of amides is 1. The van der Waals surface area contributed by atoms with Gasteiger partial charge in [-0.25, -0.2) is 4.98 Å². The normalized spacial score (nSPS) is 18.4. The zero-order chi connectivity index (χ0) is 25.4. The van der Waals surface area contributed by atoms with Crippen LogP contribution in [0.4, 0.5) is 18.9 Å². The molecule has 6 nitrogen and oxygen atoms in total. The number of carbonyl (C=O) groups excluding carboxylic acids is 1. The topological polar surface area (TPSA) is 76.4 Å². The van der Waals surface area contributed by atoms with Crippen molar-refractivity contribution in [2.75, 3.05) is 12.4 Å². The molecule has 0 aliphatic heterocycles. The Morgan fingerprint density at radius 1 is 1.06 bits per heavy atom. The SMILES string of the molecule is COc1cccc2oc(C(=O)NC3CCC(Nc4cc(C(F)(F)F)nc5ccc(Cl)cc45)CC3)cc12. The minimum absolute atomic E-state index is 0.0562. The molecule has 4 aromatic rings. The van der Waals surface area contributed by atoms with Crippen LogP contribution in [0, 0.1) is 0 Å². The lowest BCUT2D eigenvalue weighted by atomic mass is 9.90. The van der Waals surface area contributed by atoms with Gasteiger partial charge in [-0.3, -0.25) is 4.79 Å². The first kappa shape index (κ1) is 24.2. The summed E-state index contributed by atoms with van der Waals surface area (Å²) in [6.07, 6.45) is -1.88. The summed E-state index contributed by atoms with van der Waals surface area (Å²) in [6, 6.07) is 12.5. The molecule has 10 heteroatoms. The fourth-order valence-electron chi connectivity index (χ4n) is 4.65. The van der Waals surface area contributed by atoms with Gasteiger partial charge in [0, 0.05) is 34.2 Å². The third-order valence-corrected chi connectivity index (χ3v) is 6.68. The molecule has 0 atom stereocenters. The van der Waals surface area contributed by atoms with Gasteiger partial charge in [0.1, 0.15) is 17.0 Å². The fourth-order valence-corrected chi connectivity index (χ4v) is 4.82. The minimum atomic E-state index is -4.56. The van der Waals surface area contributed by atoms with Crippen LogP contribution in [0.5, 0.6) is 5.75 Å². The molecule has 36 heavy (non-hydrogen) atoms. The van der Waals surface area contributed by atoms with E-state index in [0.717, 1.165) is 11.5 Å². The molecule has 1 fully saturated rings. The summed E-state index contributed by atoms with van der Waals surface area (Å²) in [4.78, 5) is 16.5. The number of halogens is 4. The van der Waals surface area contributed by atoms with Crippen molar-refractivity contribution in [3.05, 3.63) is 65.0 Å². The monoisotopic (exact) mass is 517 g/mol. The summed E-state index contributed by atoms with van der Waals surface area (Å²) in [5.74, 6) is 0.518. The summed E-state index contributed by atoms with van der Waals surface area (Å²) in [5.41, 5.74) is 0.178. The first-order chi connectivity index (χ1) is 17.2. The Hall–Kier alpha value is -3.46. The summed E-state index contributed by atoms with van der Waals surface area (Å²) in [5, 5.41) is 7.94. The molecule has 0 radical (unpaired) electrons. The van der Waals surface area contributed by atoms with Crippen molar-refractivity contribution >= 4 is 45.1 Å². The molecule has 1 amide bonds. The van der Waals surface area contributed by atoms with Crippen LogP contribution >= 0.6 is 11.6 Å². The van der Waals surface area contributed by atoms with E-state index in [1.165, 1.54) is 12.1 Å². The smallest absolute Gasteiger partial charge is 0.433 e. The number of fused-ring (bicyclic) bond motifs is 2. The summed E-state index contributed by atoms with van der Waals surface area (Å²) >= 11 is 6.09. The van der Waals surface area contributed by atoms with Crippen LogP contribution in [-0.2, 0) is 6.18 Å². The van der Waals surface area contributed by atoms with Crippen LogP contribution in [0.1, 0.15) is 41.9 Å². The van der Waals surface area contributed by atoms with Crippen molar-refractivity contribution in [1.29, 1.82) is 0 Å². The predicted octanol–water partition coefficient (Wildman–Crippen LogP) is 6.81. The number of nitrogens with zero attached hydrogens (tertiary/aromatic N) is 1. The number of alkyl halides is 3. The first-order valence-electron chi connectivity index (χ1n) is 11.5. The number of hydrogen-bond acceptors (Lipinski definition) is 5. The van der Waals surface area contributed by atoms with Crippen LogP contribution in [0.3, 0.4) is 0 Å². The van der Waals surface area contributed by atoms with Gasteiger partial charge in [0.25, 0.3) is 5.91 Å². The van der Waals surface area contributed by atoms with Gasteiger partial charge in [-0.15, -0.1) is 0 Å². The zero-order valence-electron chi connectivity index (χ0n) is 19.3. The van der Waals surface area contributed by atoms with E-state index >= 15 is 0 Å². The highest BCUT2D eigenvalue weighted by atomic mass is 35.5. The number of pyridine rings is 1. The Kier molecular flexibility index (Phi) is 6.42. The van der Waals surface area contributed by atoms with Crippen LogP contribution in [0.25, 0.3) is 21.9 Å². The van der Waals surface area contributed by atoms with E-state index < -0.39 is 11.9 Å². The Morgan fingerprint density at radius 2 is 1.81 bits per heavy atom. The number of benzene rings is 2. The molecule has 5 rings (SSSR count). The fraction of sp³-hybridized carbons (Fsp3) is 0.308. The van der Waals surface area contributed by atoms with Crippen LogP contribution in [0.2, 0.25) is 5.02 Å². The van der Waals surface area contributed by atoms with E-state index in [9.17, 15) is 18.0 Å². The molecule has 2 heterocycles. The summed E-state index contributed by atoms with van der Waals surface area (Å²) in [6.45, 7) is 0. The van der Waals surface area contributed by atoms with E-state index in [4.69, 9.17) is 20.8 Å². The average Bonchev–Trinajstić information content (AvgIpc) is 3.29. The number of nitrogens with one attached hydrogen (secondary N) is 2. The van der Waals surface area contributed by atoms with E-state index in [0.29, 0.717) is 53.1 Å². The molecule has 1 saturated carbocycles. The van der Waals surface area contributed by atoms with Crippen LogP contribution in [0.15, 0.2) is 52.9 Å². The number of anilines is 1. The minimum Gasteiger partial charge on any atom is -0.496 e. The third-order valence-electron chi connectivity index (χ3n) is 6.45. The van der Waals surface area contributed by atoms with E-state index in [1.807, 2.05) is 0 Å². The lowest BCUT2D eigenvalue weighted by Gasteiger charge is -2.30. The molecule has 2 aromatic carbocycles. The Bertz CT molecular complexity index is 1430. The van der Waals surface area contributed by atoms with Gasteiger partial charge in [-0.1, -0.05) is 17.7 Å². The van der Waals surface area contributed by atoms with Crippen LogP contribution < -0.4 is 15.4 Å².